The summed E-state index contributed by atoms with van der Waals surface area (Å²) in [5, 5.41) is 0.206. The largest absolute Gasteiger partial charge is 0.294 e. The molecule has 1 atom stereocenters. The van der Waals surface area contributed by atoms with Gasteiger partial charge in [0.05, 0.1) is 0 Å². The molecule has 4 nitrogen and oxygen atoms in total. The van der Waals surface area contributed by atoms with Gasteiger partial charge in [0.1, 0.15) is 5.25 Å². The van der Waals surface area contributed by atoms with E-state index in [1.54, 1.807) is 24.3 Å². The number of carbonyl (C=O) groups is 1. The predicted octanol–water partition coefficient (Wildman–Crippen LogP) is 3.12. The summed E-state index contributed by atoms with van der Waals surface area (Å²) in [5.74, 6) is -0.265. The first-order chi connectivity index (χ1) is 8.89. The summed E-state index contributed by atoms with van der Waals surface area (Å²) in [6, 6.07) is 8.63. The highest BCUT2D eigenvalue weighted by Gasteiger charge is 2.35. The molecule has 2 aromatic carbocycles. The standard InChI is InChI=1S/C13H9BrO4S/c14-10-5-4-9-12(19(16,17)18)6-11(15)8-3-1-2-7(10)13(8)9/h1-5,12H,6H2,(H,16,17,18). The Morgan fingerprint density at radius 1 is 1.21 bits per heavy atom. The van der Waals surface area contributed by atoms with Crippen LogP contribution in [0.1, 0.15) is 27.6 Å². The van der Waals surface area contributed by atoms with E-state index in [-0.39, 0.29) is 12.2 Å². The van der Waals surface area contributed by atoms with E-state index in [0.717, 1.165) is 9.86 Å². The summed E-state index contributed by atoms with van der Waals surface area (Å²) in [6.45, 7) is 0. The van der Waals surface area contributed by atoms with Crippen LogP contribution in [0.5, 0.6) is 0 Å². The van der Waals surface area contributed by atoms with Gasteiger partial charge in [-0.25, -0.2) is 0 Å². The average Bonchev–Trinajstić information content (AvgIpc) is 2.35. The summed E-state index contributed by atoms with van der Waals surface area (Å²) in [4.78, 5) is 12.0. The zero-order valence-electron chi connectivity index (χ0n) is 9.63. The van der Waals surface area contributed by atoms with Gasteiger partial charge in [0, 0.05) is 16.5 Å². The van der Waals surface area contributed by atoms with Crippen LogP contribution < -0.4 is 0 Å². The second kappa shape index (κ2) is 4.13. The minimum Gasteiger partial charge on any atom is -0.294 e. The maximum absolute atomic E-state index is 12.0. The number of hydrogen-bond acceptors (Lipinski definition) is 3. The molecule has 0 radical (unpaired) electrons. The Bertz CT molecular complexity index is 811. The smallest absolute Gasteiger partial charge is 0.272 e. The van der Waals surface area contributed by atoms with Crippen molar-refractivity contribution in [3.05, 3.63) is 45.9 Å². The van der Waals surface area contributed by atoms with Crippen LogP contribution in [0.3, 0.4) is 0 Å². The van der Waals surface area contributed by atoms with E-state index in [1.165, 1.54) is 0 Å². The summed E-state index contributed by atoms with van der Waals surface area (Å²) in [7, 11) is -4.30. The number of rotatable bonds is 1. The number of hydrogen-bond donors (Lipinski definition) is 1. The zero-order chi connectivity index (χ0) is 13.8. The molecule has 2 aromatic rings. The fraction of sp³-hybridized carbons (Fsp3) is 0.154. The van der Waals surface area contributed by atoms with Crippen molar-refractivity contribution < 1.29 is 17.8 Å². The molecule has 0 heterocycles. The molecule has 0 saturated carbocycles. The number of benzene rings is 2. The molecule has 0 spiro atoms. The lowest BCUT2D eigenvalue weighted by Gasteiger charge is -2.23. The molecule has 0 bridgehead atoms. The molecule has 0 aromatic heterocycles. The topological polar surface area (TPSA) is 71.4 Å². The zero-order valence-corrected chi connectivity index (χ0v) is 12.0. The minimum atomic E-state index is -4.30. The van der Waals surface area contributed by atoms with Gasteiger partial charge in [-0.2, -0.15) is 8.42 Å². The first kappa shape index (κ1) is 12.8. The quantitative estimate of drug-likeness (QED) is 0.809. The van der Waals surface area contributed by atoms with Crippen molar-refractivity contribution in [1.82, 2.24) is 0 Å². The van der Waals surface area contributed by atoms with Gasteiger partial charge in [0.25, 0.3) is 10.1 Å². The number of Topliss-reactive ketones (excluding diaryl/α,β-unsaturated/α-hetero) is 1. The summed E-state index contributed by atoms with van der Waals surface area (Å²) in [6.07, 6.45) is -0.216. The van der Waals surface area contributed by atoms with Gasteiger partial charge < -0.3 is 0 Å². The maximum atomic E-state index is 12.0. The lowest BCUT2D eigenvalue weighted by molar-refractivity contribution is 0.0978. The van der Waals surface area contributed by atoms with Crippen molar-refractivity contribution in [3.63, 3.8) is 0 Å². The lowest BCUT2D eigenvalue weighted by Crippen LogP contribution is -2.21. The molecule has 1 N–H and O–H groups in total. The summed E-state index contributed by atoms with van der Waals surface area (Å²) in [5.41, 5.74) is 0.990. The van der Waals surface area contributed by atoms with Gasteiger partial charge in [-0.15, -0.1) is 0 Å². The summed E-state index contributed by atoms with van der Waals surface area (Å²) < 4.78 is 33.0. The highest BCUT2D eigenvalue weighted by molar-refractivity contribution is 9.10. The van der Waals surface area contributed by atoms with Crippen LogP contribution in [0.15, 0.2) is 34.8 Å². The van der Waals surface area contributed by atoms with Gasteiger partial charge in [-0.05, 0) is 22.4 Å². The summed E-state index contributed by atoms with van der Waals surface area (Å²) >= 11 is 3.39. The molecule has 3 rings (SSSR count). The van der Waals surface area contributed by atoms with Crippen molar-refractivity contribution in [1.29, 1.82) is 0 Å². The van der Waals surface area contributed by atoms with E-state index in [2.05, 4.69) is 15.9 Å². The highest BCUT2D eigenvalue weighted by atomic mass is 79.9. The maximum Gasteiger partial charge on any atom is 0.272 e. The molecule has 0 fully saturated rings. The Kier molecular flexibility index (Phi) is 2.78. The molecule has 6 heteroatoms. The molecule has 19 heavy (non-hydrogen) atoms. The van der Waals surface area contributed by atoms with E-state index in [9.17, 15) is 17.8 Å². The van der Waals surface area contributed by atoms with Crippen molar-refractivity contribution in [2.75, 3.05) is 0 Å². The minimum absolute atomic E-state index is 0.216. The van der Waals surface area contributed by atoms with Crippen LogP contribution in [0.2, 0.25) is 0 Å². The van der Waals surface area contributed by atoms with Crippen molar-refractivity contribution in [2.45, 2.75) is 11.7 Å². The van der Waals surface area contributed by atoms with Gasteiger partial charge >= 0.3 is 0 Å². The first-order valence-corrected chi connectivity index (χ1v) is 7.90. The number of carbonyl (C=O) groups excluding carboxylic acids is 1. The average molecular weight is 341 g/mol. The van der Waals surface area contributed by atoms with Crippen molar-refractivity contribution >= 4 is 42.6 Å². The number of halogens is 1. The monoisotopic (exact) mass is 340 g/mol. The van der Waals surface area contributed by atoms with E-state index in [4.69, 9.17) is 0 Å². The first-order valence-electron chi connectivity index (χ1n) is 5.60. The Labute approximate surface area is 118 Å². The fourth-order valence-corrected chi connectivity index (χ4v) is 3.90. The van der Waals surface area contributed by atoms with Crippen LogP contribution in [0.25, 0.3) is 10.8 Å². The van der Waals surface area contributed by atoms with Gasteiger partial charge in [-0.1, -0.05) is 40.2 Å². The Balaban J connectivity index is 2.48. The molecule has 1 aliphatic carbocycles. The van der Waals surface area contributed by atoms with Crippen LogP contribution in [0, 0.1) is 0 Å². The molecule has 1 unspecified atom stereocenters. The van der Waals surface area contributed by atoms with Crippen LogP contribution >= 0.6 is 15.9 Å². The molecule has 1 aliphatic rings. The van der Waals surface area contributed by atoms with Crippen LogP contribution in [-0.4, -0.2) is 18.8 Å². The molecular formula is C13H9BrO4S. The fourth-order valence-electron chi connectivity index (χ4n) is 2.55. The Morgan fingerprint density at radius 2 is 1.95 bits per heavy atom. The van der Waals surface area contributed by atoms with E-state index < -0.39 is 15.4 Å². The Morgan fingerprint density at radius 3 is 2.63 bits per heavy atom. The van der Waals surface area contributed by atoms with Crippen molar-refractivity contribution in [2.24, 2.45) is 0 Å². The van der Waals surface area contributed by atoms with Gasteiger partial charge in [-0.3, -0.25) is 9.35 Å². The Hall–Kier alpha value is -1.24. The second-order valence-electron chi connectivity index (χ2n) is 4.50. The van der Waals surface area contributed by atoms with Crippen LogP contribution in [0.4, 0.5) is 0 Å². The molecule has 98 valence electrons. The van der Waals surface area contributed by atoms with Gasteiger partial charge in [0.15, 0.2) is 5.78 Å². The van der Waals surface area contributed by atoms with E-state index >= 15 is 0 Å². The third-order valence-corrected chi connectivity index (χ3v) is 5.23. The van der Waals surface area contributed by atoms with Gasteiger partial charge in [0.2, 0.25) is 0 Å². The highest BCUT2D eigenvalue weighted by Crippen LogP contribution is 2.41. The predicted molar refractivity (Wildman–Crippen MR) is 74.9 cm³/mol. The molecule has 0 saturated heterocycles. The van der Waals surface area contributed by atoms with Crippen molar-refractivity contribution in [3.8, 4) is 0 Å². The third kappa shape index (κ3) is 1.91. The SMILES string of the molecule is O=C1CC(S(=O)(=O)O)c2ccc(Br)c3cccc1c23. The molecule has 0 amide bonds. The van der Waals surface area contributed by atoms with E-state index in [0.29, 0.717) is 16.5 Å². The lowest BCUT2D eigenvalue weighted by atomic mass is 9.87. The third-order valence-electron chi connectivity index (χ3n) is 3.40. The normalized spacial score (nSPS) is 18.8. The molecule has 0 aliphatic heterocycles. The van der Waals surface area contributed by atoms with Crippen LogP contribution in [-0.2, 0) is 10.1 Å². The van der Waals surface area contributed by atoms with E-state index in [1.807, 2.05) is 6.07 Å². The molecular weight excluding hydrogens is 332 g/mol. The second-order valence-corrected chi connectivity index (χ2v) is 6.95. The number of ketones is 1.